The minimum atomic E-state index is -0.348. The van der Waals surface area contributed by atoms with Crippen LogP contribution < -0.4 is 15.4 Å². The zero-order chi connectivity index (χ0) is 18.9. The first kappa shape index (κ1) is 18.4. The number of nitrogens with one attached hydrogen (secondary N) is 2. The summed E-state index contributed by atoms with van der Waals surface area (Å²) in [5.41, 5.74) is 0.968. The predicted molar refractivity (Wildman–Crippen MR) is 101 cm³/mol. The van der Waals surface area contributed by atoms with E-state index in [1.54, 1.807) is 37.7 Å². The summed E-state index contributed by atoms with van der Waals surface area (Å²) in [5, 5.41) is 6.45. The fraction of sp³-hybridized carbons (Fsp3) is 0.200. The first-order valence-corrected chi connectivity index (χ1v) is 8.58. The molecule has 0 atom stereocenters. The average Bonchev–Trinajstić information content (AvgIpc) is 3.19. The van der Waals surface area contributed by atoms with Crippen molar-refractivity contribution in [2.24, 2.45) is 4.99 Å². The predicted octanol–water partition coefficient (Wildman–Crippen LogP) is 3.51. The van der Waals surface area contributed by atoms with Crippen LogP contribution in [0.4, 0.5) is 4.39 Å². The van der Waals surface area contributed by atoms with Gasteiger partial charge in [0.2, 0.25) is 5.88 Å². The van der Waals surface area contributed by atoms with Gasteiger partial charge in [0.25, 0.3) is 0 Å². The summed E-state index contributed by atoms with van der Waals surface area (Å²) < 4.78 is 24.0. The van der Waals surface area contributed by atoms with Gasteiger partial charge in [-0.2, -0.15) is 0 Å². The highest BCUT2D eigenvalue weighted by Gasteiger charge is 2.03. The van der Waals surface area contributed by atoms with Gasteiger partial charge in [0.1, 0.15) is 17.3 Å². The topological polar surface area (TPSA) is 71.7 Å². The van der Waals surface area contributed by atoms with E-state index in [9.17, 15) is 4.39 Å². The van der Waals surface area contributed by atoms with E-state index < -0.39 is 0 Å². The summed E-state index contributed by atoms with van der Waals surface area (Å²) >= 11 is 0. The number of furan rings is 1. The molecule has 0 radical (unpaired) electrons. The Labute approximate surface area is 157 Å². The van der Waals surface area contributed by atoms with E-state index in [0.717, 1.165) is 17.7 Å². The average molecular weight is 368 g/mol. The molecule has 6 nitrogen and oxygen atoms in total. The Morgan fingerprint density at radius 2 is 2.11 bits per heavy atom. The standard InChI is InChI=1S/C20H21FN4O2/c1-22-20(23-10-9-17-6-3-11-26-17)25-14-15-7-8-19(24-13-15)27-18-5-2-4-16(21)12-18/h2-8,11-13H,9-10,14H2,1H3,(H2,22,23,25). The molecule has 1 aromatic carbocycles. The lowest BCUT2D eigenvalue weighted by Crippen LogP contribution is -2.37. The van der Waals surface area contributed by atoms with Crippen molar-refractivity contribution in [3.8, 4) is 11.6 Å². The fourth-order valence-electron chi connectivity index (χ4n) is 2.39. The Morgan fingerprint density at radius 3 is 2.81 bits per heavy atom. The third-order valence-corrected chi connectivity index (χ3v) is 3.74. The highest BCUT2D eigenvalue weighted by Crippen LogP contribution is 2.19. The van der Waals surface area contributed by atoms with Gasteiger partial charge in [-0.25, -0.2) is 9.37 Å². The van der Waals surface area contributed by atoms with Crippen molar-refractivity contribution in [1.29, 1.82) is 0 Å². The second kappa shape index (κ2) is 9.38. The van der Waals surface area contributed by atoms with Gasteiger partial charge in [0, 0.05) is 44.9 Å². The number of aliphatic imine (C=N–C) groups is 1. The third-order valence-electron chi connectivity index (χ3n) is 3.74. The van der Waals surface area contributed by atoms with Crippen LogP contribution in [-0.4, -0.2) is 24.5 Å². The third kappa shape index (κ3) is 5.85. The number of guanidine groups is 1. The molecule has 0 bridgehead atoms. The lowest BCUT2D eigenvalue weighted by atomic mass is 10.3. The van der Waals surface area contributed by atoms with Crippen molar-refractivity contribution in [3.05, 3.63) is 78.1 Å². The van der Waals surface area contributed by atoms with Crippen LogP contribution in [-0.2, 0) is 13.0 Å². The van der Waals surface area contributed by atoms with E-state index in [1.807, 2.05) is 18.2 Å². The van der Waals surface area contributed by atoms with Crippen molar-refractivity contribution >= 4 is 5.96 Å². The number of halogens is 1. The molecule has 0 saturated carbocycles. The molecule has 3 rings (SSSR count). The monoisotopic (exact) mass is 368 g/mol. The van der Waals surface area contributed by atoms with Crippen molar-refractivity contribution in [1.82, 2.24) is 15.6 Å². The molecule has 7 heteroatoms. The van der Waals surface area contributed by atoms with E-state index in [4.69, 9.17) is 9.15 Å². The van der Waals surface area contributed by atoms with Gasteiger partial charge in [-0.15, -0.1) is 0 Å². The Balaban J connectivity index is 1.45. The zero-order valence-corrected chi connectivity index (χ0v) is 15.0. The molecule has 2 aromatic heterocycles. The molecule has 2 N–H and O–H groups in total. The van der Waals surface area contributed by atoms with Crippen LogP contribution >= 0.6 is 0 Å². The second-order valence-corrected chi connectivity index (χ2v) is 5.75. The Kier molecular flexibility index (Phi) is 6.40. The molecule has 0 spiro atoms. The number of pyridine rings is 1. The van der Waals surface area contributed by atoms with Gasteiger partial charge < -0.3 is 19.8 Å². The molecule has 0 amide bonds. The minimum absolute atomic E-state index is 0.348. The van der Waals surface area contributed by atoms with E-state index in [2.05, 4.69) is 20.6 Å². The van der Waals surface area contributed by atoms with Crippen LogP contribution in [0.2, 0.25) is 0 Å². The maximum atomic E-state index is 13.2. The minimum Gasteiger partial charge on any atom is -0.469 e. The molecule has 0 aliphatic heterocycles. The molecule has 2 heterocycles. The number of benzene rings is 1. The SMILES string of the molecule is CN=C(NCCc1ccco1)NCc1ccc(Oc2cccc(F)c2)nc1. The molecular weight excluding hydrogens is 347 g/mol. The summed E-state index contributed by atoms with van der Waals surface area (Å²) in [6.45, 7) is 1.28. The number of nitrogens with zero attached hydrogens (tertiary/aromatic N) is 2. The molecule has 0 aliphatic rings. The number of rotatable bonds is 7. The van der Waals surface area contributed by atoms with Crippen molar-refractivity contribution in [2.75, 3.05) is 13.6 Å². The van der Waals surface area contributed by atoms with Crippen molar-refractivity contribution in [3.63, 3.8) is 0 Å². The smallest absolute Gasteiger partial charge is 0.219 e. The molecule has 140 valence electrons. The maximum absolute atomic E-state index is 13.2. The van der Waals surface area contributed by atoms with Gasteiger partial charge in [0.15, 0.2) is 5.96 Å². The van der Waals surface area contributed by atoms with Gasteiger partial charge in [-0.1, -0.05) is 12.1 Å². The van der Waals surface area contributed by atoms with Gasteiger partial charge >= 0.3 is 0 Å². The van der Waals surface area contributed by atoms with Gasteiger partial charge in [0.05, 0.1) is 6.26 Å². The highest BCUT2D eigenvalue weighted by atomic mass is 19.1. The summed E-state index contributed by atoms with van der Waals surface area (Å²) in [5.74, 6) is 2.09. The van der Waals surface area contributed by atoms with Crippen LogP contribution in [0.15, 0.2) is 70.4 Å². The largest absolute Gasteiger partial charge is 0.469 e. The Morgan fingerprint density at radius 1 is 1.19 bits per heavy atom. The molecule has 3 aromatic rings. The zero-order valence-electron chi connectivity index (χ0n) is 15.0. The normalized spacial score (nSPS) is 11.3. The van der Waals surface area contributed by atoms with Gasteiger partial charge in [-0.05, 0) is 29.8 Å². The summed E-state index contributed by atoms with van der Waals surface area (Å²) in [7, 11) is 1.72. The van der Waals surface area contributed by atoms with E-state index in [-0.39, 0.29) is 5.82 Å². The summed E-state index contributed by atoms with van der Waals surface area (Å²) in [6.07, 6.45) is 4.15. The quantitative estimate of drug-likeness (QED) is 0.493. The lowest BCUT2D eigenvalue weighted by molar-refractivity contribution is 0.457. The van der Waals surface area contributed by atoms with Crippen LogP contribution in [0.1, 0.15) is 11.3 Å². The molecular formula is C20H21FN4O2. The number of aromatic nitrogens is 1. The molecule has 27 heavy (non-hydrogen) atoms. The van der Waals surface area contributed by atoms with E-state index >= 15 is 0 Å². The molecule has 0 aliphatic carbocycles. The lowest BCUT2D eigenvalue weighted by Gasteiger charge is -2.11. The number of hydrogen-bond acceptors (Lipinski definition) is 4. The van der Waals surface area contributed by atoms with Crippen LogP contribution in [0.5, 0.6) is 11.6 Å². The van der Waals surface area contributed by atoms with Crippen LogP contribution in [0, 0.1) is 5.82 Å². The first-order valence-electron chi connectivity index (χ1n) is 8.58. The number of ether oxygens (including phenoxy) is 1. The Hall–Kier alpha value is -3.35. The summed E-state index contributed by atoms with van der Waals surface area (Å²) in [6, 6.07) is 13.4. The van der Waals surface area contributed by atoms with Crippen molar-refractivity contribution in [2.45, 2.75) is 13.0 Å². The van der Waals surface area contributed by atoms with E-state index in [0.29, 0.717) is 30.7 Å². The molecule has 0 fully saturated rings. The highest BCUT2D eigenvalue weighted by molar-refractivity contribution is 5.79. The van der Waals surface area contributed by atoms with Crippen molar-refractivity contribution < 1.29 is 13.5 Å². The molecule has 0 saturated heterocycles. The Bertz CT molecular complexity index is 864. The maximum Gasteiger partial charge on any atom is 0.219 e. The fourth-order valence-corrected chi connectivity index (χ4v) is 2.39. The second-order valence-electron chi connectivity index (χ2n) is 5.75. The van der Waals surface area contributed by atoms with E-state index in [1.165, 1.54) is 12.1 Å². The van der Waals surface area contributed by atoms with Gasteiger partial charge in [-0.3, -0.25) is 4.99 Å². The van der Waals surface area contributed by atoms with Crippen LogP contribution in [0.3, 0.4) is 0 Å². The van der Waals surface area contributed by atoms with Crippen LogP contribution in [0.25, 0.3) is 0 Å². The molecule has 0 unspecified atom stereocenters. The number of hydrogen-bond donors (Lipinski definition) is 2. The summed E-state index contributed by atoms with van der Waals surface area (Å²) in [4.78, 5) is 8.43. The first-order chi connectivity index (χ1) is 13.2.